The largest absolute Gasteiger partial charge is 0.497 e. The van der Waals surface area contributed by atoms with Crippen molar-refractivity contribution >= 4 is 5.91 Å². The summed E-state index contributed by atoms with van der Waals surface area (Å²) in [6.07, 6.45) is -0.589. The third-order valence-corrected chi connectivity index (χ3v) is 3.96. The van der Waals surface area contributed by atoms with Crippen LogP contribution in [0.5, 0.6) is 17.2 Å². The molecule has 0 heterocycles. The zero-order valence-corrected chi connectivity index (χ0v) is 15.2. The lowest BCUT2D eigenvalue weighted by molar-refractivity contribution is -0.127. The molecule has 0 unspecified atom stereocenters. The van der Waals surface area contributed by atoms with Gasteiger partial charge in [0.05, 0.1) is 13.7 Å². The van der Waals surface area contributed by atoms with E-state index in [1.54, 1.807) is 38.3 Å². The quantitative estimate of drug-likeness (QED) is 0.748. The van der Waals surface area contributed by atoms with Gasteiger partial charge in [0.1, 0.15) is 23.9 Å². The van der Waals surface area contributed by atoms with Crippen LogP contribution in [0.1, 0.15) is 18.1 Å². The van der Waals surface area contributed by atoms with Gasteiger partial charge in [-0.05, 0) is 62.2 Å². The molecule has 2 rings (SSSR count). The van der Waals surface area contributed by atoms with Crippen LogP contribution in [0.25, 0.3) is 0 Å². The molecule has 5 heteroatoms. The third-order valence-electron chi connectivity index (χ3n) is 3.96. The number of amides is 1. The molecule has 25 heavy (non-hydrogen) atoms. The Bertz CT molecular complexity index is 697. The first-order chi connectivity index (χ1) is 12.0. The second-order valence-corrected chi connectivity index (χ2v) is 5.77. The summed E-state index contributed by atoms with van der Waals surface area (Å²) in [7, 11) is 1.60. The van der Waals surface area contributed by atoms with Crippen molar-refractivity contribution in [3.8, 4) is 17.2 Å². The molecule has 0 aliphatic heterocycles. The van der Waals surface area contributed by atoms with E-state index in [1.165, 1.54) is 5.56 Å². The van der Waals surface area contributed by atoms with Gasteiger partial charge in [-0.2, -0.15) is 0 Å². The molecule has 2 aromatic carbocycles. The summed E-state index contributed by atoms with van der Waals surface area (Å²) in [5.41, 5.74) is 2.30. The van der Waals surface area contributed by atoms with Crippen molar-refractivity contribution in [3.05, 3.63) is 53.6 Å². The lowest BCUT2D eigenvalue weighted by Gasteiger charge is -2.15. The molecule has 0 aromatic heterocycles. The Hall–Kier alpha value is -2.69. The van der Waals surface area contributed by atoms with Crippen molar-refractivity contribution in [1.82, 2.24) is 5.32 Å². The Morgan fingerprint density at radius 2 is 1.76 bits per heavy atom. The van der Waals surface area contributed by atoms with E-state index in [-0.39, 0.29) is 5.91 Å². The summed E-state index contributed by atoms with van der Waals surface area (Å²) >= 11 is 0. The number of rotatable bonds is 8. The van der Waals surface area contributed by atoms with Gasteiger partial charge in [-0.15, -0.1) is 0 Å². The zero-order chi connectivity index (χ0) is 18.2. The highest BCUT2D eigenvalue weighted by atomic mass is 16.5. The van der Waals surface area contributed by atoms with Crippen LogP contribution in [0.4, 0.5) is 0 Å². The summed E-state index contributed by atoms with van der Waals surface area (Å²) in [4.78, 5) is 12.1. The molecule has 0 aliphatic rings. The minimum absolute atomic E-state index is 0.180. The molecule has 5 nitrogen and oxygen atoms in total. The Morgan fingerprint density at radius 3 is 2.44 bits per heavy atom. The van der Waals surface area contributed by atoms with E-state index >= 15 is 0 Å². The number of carbonyl (C=O) groups excluding carboxylic acids is 1. The van der Waals surface area contributed by atoms with Gasteiger partial charge in [-0.3, -0.25) is 4.79 Å². The molecule has 1 atom stereocenters. The normalized spacial score (nSPS) is 11.5. The molecule has 2 aromatic rings. The molecule has 0 radical (unpaired) electrons. The van der Waals surface area contributed by atoms with Crippen LogP contribution in [0.3, 0.4) is 0 Å². The van der Waals surface area contributed by atoms with Gasteiger partial charge < -0.3 is 19.5 Å². The van der Waals surface area contributed by atoms with Gasteiger partial charge in [0.2, 0.25) is 0 Å². The standard InChI is InChI=1S/C20H25NO4/c1-14-6-5-7-19(15(14)2)24-13-12-21-20(22)16(3)25-18-10-8-17(23-4)9-11-18/h5-11,16H,12-13H2,1-4H3,(H,21,22)/t16-/m0/s1. The lowest BCUT2D eigenvalue weighted by Crippen LogP contribution is -2.38. The highest BCUT2D eigenvalue weighted by molar-refractivity contribution is 5.80. The maximum atomic E-state index is 12.1. The lowest BCUT2D eigenvalue weighted by atomic mass is 10.1. The van der Waals surface area contributed by atoms with Gasteiger partial charge in [0.25, 0.3) is 5.91 Å². The molecule has 0 fully saturated rings. The number of hydrogen-bond donors (Lipinski definition) is 1. The van der Waals surface area contributed by atoms with Crippen molar-refractivity contribution in [3.63, 3.8) is 0 Å². The van der Waals surface area contributed by atoms with Crippen LogP contribution in [0, 0.1) is 13.8 Å². The van der Waals surface area contributed by atoms with Crippen LogP contribution in [-0.4, -0.2) is 32.3 Å². The van der Waals surface area contributed by atoms with E-state index in [4.69, 9.17) is 14.2 Å². The number of nitrogens with one attached hydrogen (secondary N) is 1. The number of carbonyl (C=O) groups is 1. The van der Waals surface area contributed by atoms with Gasteiger partial charge in [-0.1, -0.05) is 12.1 Å². The SMILES string of the molecule is COc1ccc(O[C@@H](C)C(=O)NCCOc2cccc(C)c2C)cc1. The Kier molecular flexibility index (Phi) is 6.69. The summed E-state index contributed by atoms with van der Waals surface area (Å²) in [6.45, 7) is 6.61. The van der Waals surface area contributed by atoms with Crippen molar-refractivity contribution < 1.29 is 19.0 Å². The Morgan fingerprint density at radius 1 is 1.08 bits per heavy atom. The van der Waals surface area contributed by atoms with Gasteiger partial charge >= 0.3 is 0 Å². The van der Waals surface area contributed by atoms with E-state index in [1.807, 2.05) is 32.0 Å². The first kappa shape index (κ1) is 18.6. The van der Waals surface area contributed by atoms with Crippen LogP contribution in [0.15, 0.2) is 42.5 Å². The topological polar surface area (TPSA) is 56.8 Å². The Labute approximate surface area is 148 Å². The van der Waals surface area contributed by atoms with Crippen molar-refractivity contribution in [2.75, 3.05) is 20.3 Å². The third kappa shape index (κ3) is 5.41. The average Bonchev–Trinajstić information content (AvgIpc) is 2.62. The first-order valence-electron chi connectivity index (χ1n) is 8.28. The smallest absolute Gasteiger partial charge is 0.260 e. The summed E-state index contributed by atoms with van der Waals surface area (Å²) in [5.74, 6) is 2.03. The number of methoxy groups -OCH3 is 1. The van der Waals surface area contributed by atoms with Crippen molar-refractivity contribution in [2.45, 2.75) is 26.9 Å². The van der Waals surface area contributed by atoms with Crippen LogP contribution < -0.4 is 19.5 Å². The van der Waals surface area contributed by atoms with Crippen molar-refractivity contribution in [2.24, 2.45) is 0 Å². The number of hydrogen-bond acceptors (Lipinski definition) is 4. The van der Waals surface area contributed by atoms with E-state index in [0.717, 1.165) is 17.1 Å². The fourth-order valence-corrected chi connectivity index (χ4v) is 2.27. The number of benzene rings is 2. The van der Waals surface area contributed by atoms with Crippen LogP contribution >= 0.6 is 0 Å². The maximum absolute atomic E-state index is 12.1. The zero-order valence-electron chi connectivity index (χ0n) is 15.2. The molecular weight excluding hydrogens is 318 g/mol. The fraction of sp³-hybridized carbons (Fsp3) is 0.350. The molecule has 134 valence electrons. The summed E-state index contributed by atoms with van der Waals surface area (Å²) in [5, 5.41) is 2.82. The molecule has 1 amide bonds. The predicted octanol–water partition coefficient (Wildman–Crippen LogP) is 3.27. The fourth-order valence-electron chi connectivity index (χ4n) is 2.27. The van der Waals surface area contributed by atoms with E-state index in [0.29, 0.717) is 18.9 Å². The van der Waals surface area contributed by atoms with Gasteiger partial charge in [0.15, 0.2) is 6.10 Å². The highest BCUT2D eigenvalue weighted by Gasteiger charge is 2.14. The monoisotopic (exact) mass is 343 g/mol. The highest BCUT2D eigenvalue weighted by Crippen LogP contribution is 2.20. The van der Waals surface area contributed by atoms with Crippen LogP contribution in [-0.2, 0) is 4.79 Å². The molecule has 0 spiro atoms. The van der Waals surface area contributed by atoms with Crippen molar-refractivity contribution in [1.29, 1.82) is 0 Å². The number of ether oxygens (including phenoxy) is 3. The molecule has 0 bridgehead atoms. The molecule has 1 N–H and O–H groups in total. The second kappa shape index (κ2) is 8.97. The summed E-state index contributed by atoms with van der Waals surface area (Å²) in [6, 6.07) is 13.1. The molecular formula is C20H25NO4. The minimum atomic E-state index is -0.589. The number of aryl methyl sites for hydroxylation is 1. The molecule has 0 saturated carbocycles. The van der Waals surface area contributed by atoms with E-state index < -0.39 is 6.10 Å². The summed E-state index contributed by atoms with van der Waals surface area (Å²) < 4.78 is 16.4. The Balaban J connectivity index is 1.74. The minimum Gasteiger partial charge on any atom is -0.497 e. The van der Waals surface area contributed by atoms with E-state index in [9.17, 15) is 4.79 Å². The first-order valence-corrected chi connectivity index (χ1v) is 8.28. The molecule has 0 saturated heterocycles. The predicted molar refractivity (Wildman–Crippen MR) is 97.5 cm³/mol. The van der Waals surface area contributed by atoms with Crippen LogP contribution in [0.2, 0.25) is 0 Å². The maximum Gasteiger partial charge on any atom is 0.260 e. The van der Waals surface area contributed by atoms with Gasteiger partial charge in [-0.25, -0.2) is 0 Å². The van der Waals surface area contributed by atoms with Gasteiger partial charge in [0, 0.05) is 0 Å². The van der Waals surface area contributed by atoms with E-state index in [2.05, 4.69) is 5.32 Å². The second-order valence-electron chi connectivity index (χ2n) is 5.77. The molecule has 0 aliphatic carbocycles. The average molecular weight is 343 g/mol.